The summed E-state index contributed by atoms with van der Waals surface area (Å²) in [6.07, 6.45) is 6.26. The van der Waals surface area contributed by atoms with Gasteiger partial charge >= 0.3 is 6.55 Å². The van der Waals surface area contributed by atoms with E-state index in [1.807, 2.05) is 48.1 Å². The Morgan fingerprint density at radius 2 is 1.90 bits per heavy atom. The number of aromatic nitrogens is 4. The second-order valence-corrected chi connectivity index (χ2v) is 8.96. The lowest BCUT2D eigenvalue weighted by Crippen LogP contribution is -2.29. The van der Waals surface area contributed by atoms with Gasteiger partial charge in [-0.05, 0) is 30.2 Å². The monoisotopic (exact) mass is 445 g/mol. The van der Waals surface area contributed by atoms with Crippen LogP contribution in [-0.4, -0.2) is 34.3 Å². The molecule has 1 N–H and O–H groups in total. The molecule has 4 aromatic rings. The number of pyridine rings is 1. The minimum Gasteiger partial charge on any atom is -0.350 e. The minimum atomic E-state index is -4.06. The molecule has 0 fully saturated rings. The number of hydrogen-bond donors (Lipinski definition) is 1. The van der Waals surface area contributed by atoms with Crippen LogP contribution in [0.1, 0.15) is 29.3 Å². The van der Waals surface area contributed by atoms with Crippen molar-refractivity contribution in [1.29, 1.82) is 0 Å². The summed E-state index contributed by atoms with van der Waals surface area (Å²) in [6.45, 7) is -1.58. The van der Waals surface area contributed by atoms with E-state index in [0.717, 1.165) is 28.2 Å². The van der Waals surface area contributed by atoms with Crippen molar-refractivity contribution in [2.45, 2.75) is 24.3 Å². The van der Waals surface area contributed by atoms with Crippen LogP contribution in [0.5, 0.6) is 0 Å². The predicted octanol–water partition coefficient (Wildman–Crippen LogP) is 3.58. The highest BCUT2D eigenvalue weighted by molar-refractivity contribution is 7.89. The first kappa shape index (κ1) is 21.1. The highest BCUT2D eigenvalue weighted by Crippen LogP contribution is 2.32. The van der Waals surface area contributed by atoms with Crippen LogP contribution in [0.15, 0.2) is 66.1 Å². The second kappa shape index (κ2) is 8.20. The third-order valence-electron chi connectivity index (χ3n) is 5.34. The molecular weight excluding hydrogens is 424 g/mol. The van der Waals surface area contributed by atoms with Gasteiger partial charge in [0.1, 0.15) is 4.90 Å². The summed E-state index contributed by atoms with van der Waals surface area (Å²) in [5.41, 5.74) is 2.67. The van der Waals surface area contributed by atoms with E-state index < -0.39 is 16.6 Å². The molecule has 0 saturated heterocycles. The van der Waals surface area contributed by atoms with Crippen LogP contribution in [-0.2, 0) is 17.1 Å². The molecule has 3 heterocycles. The van der Waals surface area contributed by atoms with Gasteiger partial charge in [0, 0.05) is 49.0 Å². The Morgan fingerprint density at radius 3 is 2.58 bits per heavy atom. The molecule has 0 aliphatic rings. The van der Waals surface area contributed by atoms with Gasteiger partial charge in [0.25, 0.3) is 0 Å². The van der Waals surface area contributed by atoms with Gasteiger partial charge in [-0.1, -0.05) is 24.3 Å². The summed E-state index contributed by atoms with van der Waals surface area (Å²) in [5.74, 6) is -0.333. The second-order valence-electron chi connectivity index (χ2n) is 7.22. The fraction of sp³-hybridized carbons (Fsp3) is 0.238. The van der Waals surface area contributed by atoms with Crippen LogP contribution < -0.4 is 4.72 Å². The first-order chi connectivity index (χ1) is 14.8. The number of sulfonamides is 1. The van der Waals surface area contributed by atoms with Crippen LogP contribution in [0.3, 0.4) is 0 Å². The van der Waals surface area contributed by atoms with Crippen LogP contribution in [0.4, 0.5) is 8.78 Å². The van der Waals surface area contributed by atoms with E-state index in [9.17, 15) is 17.2 Å². The first-order valence-electron chi connectivity index (χ1n) is 9.55. The Balaban J connectivity index is 1.71. The van der Waals surface area contributed by atoms with E-state index in [2.05, 4.69) is 14.8 Å². The Labute approximate surface area is 178 Å². The molecule has 10 heteroatoms. The van der Waals surface area contributed by atoms with Crippen molar-refractivity contribution in [2.24, 2.45) is 7.05 Å². The van der Waals surface area contributed by atoms with E-state index in [-0.39, 0.29) is 23.1 Å². The molecule has 4 rings (SSSR count). The lowest BCUT2D eigenvalue weighted by Gasteiger charge is -2.18. The summed E-state index contributed by atoms with van der Waals surface area (Å²) in [7, 11) is -2.13. The van der Waals surface area contributed by atoms with Gasteiger partial charge in [0.2, 0.25) is 10.0 Å². The van der Waals surface area contributed by atoms with E-state index >= 15 is 0 Å². The van der Waals surface area contributed by atoms with Crippen molar-refractivity contribution in [2.75, 3.05) is 6.54 Å². The maximum atomic E-state index is 13.0. The number of nitrogens with zero attached hydrogens (tertiary/aromatic N) is 4. The zero-order valence-electron chi connectivity index (χ0n) is 16.9. The van der Waals surface area contributed by atoms with Crippen LogP contribution in [0.2, 0.25) is 0 Å². The van der Waals surface area contributed by atoms with Crippen LogP contribution in [0, 0.1) is 6.92 Å². The molecule has 0 aliphatic carbocycles. The summed E-state index contributed by atoms with van der Waals surface area (Å²) in [5, 5.41) is 4.50. The molecule has 0 amide bonds. The van der Waals surface area contributed by atoms with Gasteiger partial charge in [0.15, 0.2) is 0 Å². The number of nitrogens with one attached hydrogen (secondary N) is 1. The molecule has 0 saturated carbocycles. The van der Waals surface area contributed by atoms with Crippen molar-refractivity contribution >= 4 is 20.9 Å². The third kappa shape index (κ3) is 3.96. The lowest BCUT2D eigenvalue weighted by atomic mass is 9.92. The van der Waals surface area contributed by atoms with E-state index in [1.54, 1.807) is 18.5 Å². The van der Waals surface area contributed by atoms with E-state index in [1.165, 1.54) is 6.92 Å². The molecule has 162 valence electrons. The number of benzene rings is 1. The SMILES string of the molecule is Cc1c(S(=O)(=O)NC[C@@H](c2cccnc2)c2cn(C)c3ccccc23)cnn1C(F)F. The Kier molecular flexibility index (Phi) is 5.59. The van der Waals surface area contributed by atoms with Gasteiger partial charge in [-0.3, -0.25) is 4.98 Å². The van der Waals surface area contributed by atoms with Crippen LogP contribution >= 0.6 is 0 Å². The Bertz CT molecular complexity index is 1320. The van der Waals surface area contributed by atoms with Crippen molar-refractivity contribution in [1.82, 2.24) is 24.1 Å². The van der Waals surface area contributed by atoms with Crippen molar-refractivity contribution in [3.8, 4) is 0 Å². The number of alkyl halides is 2. The smallest absolute Gasteiger partial charge is 0.333 e. The zero-order valence-corrected chi connectivity index (χ0v) is 17.7. The zero-order chi connectivity index (χ0) is 22.2. The quantitative estimate of drug-likeness (QED) is 0.471. The summed E-state index contributed by atoms with van der Waals surface area (Å²) in [6, 6.07) is 11.5. The average Bonchev–Trinajstić information content (AvgIpc) is 3.30. The fourth-order valence-electron chi connectivity index (χ4n) is 3.78. The minimum absolute atomic E-state index is 0.0291. The van der Waals surface area contributed by atoms with E-state index in [0.29, 0.717) is 4.68 Å². The summed E-state index contributed by atoms with van der Waals surface area (Å²) >= 11 is 0. The number of para-hydroxylation sites is 1. The van der Waals surface area contributed by atoms with Crippen LogP contribution in [0.25, 0.3) is 10.9 Å². The predicted molar refractivity (Wildman–Crippen MR) is 112 cm³/mol. The molecule has 0 radical (unpaired) electrons. The molecule has 0 spiro atoms. The lowest BCUT2D eigenvalue weighted by molar-refractivity contribution is 0.0541. The van der Waals surface area contributed by atoms with Crippen molar-refractivity contribution in [3.63, 3.8) is 0 Å². The topological polar surface area (TPSA) is 81.8 Å². The van der Waals surface area contributed by atoms with Gasteiger partial charge in [-0.15, -0.1) is 0 Å². The summed E-state index contributed by atoms with van der Waals surface area (Å²) in [4.78, 5) is 3.91. The van der Waals surface area contributed by atoms with Gasteiger partial charge in [-0.25, -0.2) is 17.8 Å². The van der Waals surface area contributed by atoms with Gasteiger partial charge < -0.3 is 4.57 Å². The molecule has 31 heavy (non-hydrogen) atoms. The maximum absolute atomic E-state index is 13.0. The number of fused-ring (bicyclic) bond motifs is 1. The highest BCUT2D eigenvalue weighted by Gasteiger charge is 2.26. The molecular formula is C21H21F2N5O2S. The summed E-state index contributed by atoms with van der Waals surface area (Å²) < 4.78 is 56.8. The normalized spacial score (nSPS) is 13.2. The van der Waals surface area contributed by atoms with Gasteiger partial charge in [-0.2, -0.15) is 13.9 Å². The number of rotatable bonds is 7. The number of hydrogen-bond acceptors (Lipinski definition) is 4. The Hall–Kier alpha value is -3.11. The molecule has 1 aromatic carbocycles. The maximum Gasteiger partial charge on any atom is 0.333 e. The Morgan fingerprint density at radius 1 is 1.13 bits per heavy atom. The van der Waals surface area contributed by atoms with Crippen molar-refractivity contribution in [3.05, 3.63) is 78.0 Å². The molecule has 7 nitrogen and oxygen atoms in total. The molecule has 0 aliphatic heterocycles. The molecule has 1 atom stereocenters. The van der Waals surface area contributed by atoms with Gasteiger partial charge in [0.05, 0.1) is 11.9 Å². The molecule has 3 aromatic heterocycles. The van der Waals surface area contributed by atoms with Crippen molar-refractivity contribution < 1.29 is 17.2 Å². The molecule has 0 unspecified atom stereocenters. The fourth-order valence-corrected chi connectivity index (χ4v) is 4.99. The largest absolute Gasteiger partial charge is 0.350 e. The standard InChI is InChI=1S/C21H21F2N5O2S/c1-14-20(12-25-28(14)21(22)23)31(29,30)26-11-17(15-6-5-9-24-10-15)18-13-27(2)19-8-4-3-7-16(18)19/h3-10,12-13,17,21,26H,11H2,1-2H3/t17-/m0/s1. The highest BCUT2D eigenvalue weighted by atomic mass is 32.2. The van der Waals surface area contributed by atoms with E-state index in [4.69, 9.17) is 0 Å². The molecule has 0 bridgehead atoms. The number of halogens is 2. The number of aryl methyl sites for hydroxylation is 1. The first-order valence-corrected chi connectivity index (χ1v) is 11.0. The average molecular weight is 445 g/mol. The third-order valence-corrected chi connectivity index (χ3v) is 6.87.